The Morgan fingerprint density at radius 3 is 2.33 bits per heavy atom. The van der Waals surface area contributed by atoms with E-state index in [-0.39, 0.29) is 0 Å². The largest absolute Gasteiger partial charge is 0.389 e. The molecule has 0 saturated heterocycles. The highest BCUT2D eigenvalue weighted by Crippen LogP contribution is 2.22. The van der Waals surface area contributed by atoms with Gasteiger partial charge in [-0.25, -0.2) is 0 Å². The quantitative estimate of drug-likeness (QED) is 0.800. The van der Waals surface area contributed by atoms with E-state index in [1.165, 1.54) is 0 Å². The number of benzene rings is 1. The first-order valence-corrected chi connectivity index (χ1v) is 6.16. The van der Waals surface area contributed by atoms with Crippen LogP contribution in [0.25, 0.3) is 0 Å². The number of carbonyl (C=O) groups is 1. The lowest BCUT2D eigenvalue weighted by molar-refractivity contribution is -0.124. The van der Waals surface area contributed by atoms with Crippen LogP contribution in [0.3, 0.4) is 0 Å². The zero-order valence-corrected chi connectivity index (χ0v) is 11.3. The van der Waals surface area contributed by atoms with Gasteiger partial charge in [0.2, 0.25) is 5.91 Å². The van der Waals surface area contributed by atoms with Crippen LogP contribution in [-0.2, 0) is 4.79 Å². The van der Waals surface area contributed by atoms with Gasteiger partial charge in [-0.3, -0.25) is 9.69 Å². The van der Waals surface area contributed by atoms with Crippen molar-refractivity contribution in [1.29, 1.82) is 0 Å². The van der Waals surface area contributed by atoms with Gasteiger partial charge < -0.3 is 10.8 Å². The highest BCUT2D eigenvalue weighted by Gasteiger charge is 2.28. The molecular weight excluding hydrogens is 228 g/mol. The van der Waals surface area contributed by atoms with E-state index in [9.17, 15) is 9.90 Å². The van der Waals surface area contributed by atoms with E-state index in [1.54, 1.807) is 13.8 Å². The molecule has 0 bridgehead atoms. The molecule has 4 nitrogen and oxygen atoms in total. The predicted octanol–water partition coefficient (Wildman–Crippen LogP) is 1.31. The number of hydrogen-bond acceptors (Lipinski definition) is 3. The maximum atomic E-state index is 11.7. The number of aliphatic hydroxyl groups is 1. The first-order chi connectivity index (χ1) is 8.35. The predicted molar refractivity (Wildman–Crippen MR) is 71.9 cm³/mol. The molecule has 18 heavy (non-hydrogen) atoms. The molecule has 0 radical (unpaired) electrons. The number of likely N-dealkylation sites (N-methyl/N-ethyl adjacent to an activating group) is 1. The van der Waals surface area contributed by atoms with E-state index in [4.69, 9.17) is 5.73 Å². The van der Waals surface area contributed by atoms with E-state index in [2.05, 4.69) is 0 Å². The number of amides is 1. The van der Waals surface area contributed by atoms with Crippen LogP contribution in [0.1, 0.15) is 32.4 Å². The van der Waals surface area contributed by atoms with Crippen molar-refractivity contribution in [2.24, 2.45) is 5.73 Å². The van der Waals surface area contributed by atoms with Gasteiger partial charge in [-0.2, -0.15) is 0 Å². The van der Waals surface area contributed by atoms with Gasteiger partial charge in [0, 0.05) is 6.54 Å². The Balaban J connectivity index is 3.00. The third-order valence-electron chi connectivity index (χ3n) is 2.75. The molecule has 0 aromatic heterocycles. The molecule has 0 saturated carbocycles. The smallest absolute Gasteiger partial charge is 0.239 e. The monoisotopic (exact) mass is 250 g/mol. The summed E-state index contributed by atoms with van der Waals surface area (Å²) in [7, 11) is 0. The minimum Gasteiger partial charge on any atom is -0.389 e. The van der Waals surface area contributed by atoms with Crippen LogP contribution in [0.15, 0.2) is 30.3 Å². The van der Waals surface area contributed by atoms with Gasteiger partial charge in [0.25, 0.3) is 0 Å². The summed E-state index contributed by atoms with van der Waals surface area (Å²) in [6.45, 7) is 6.43. The molecule has 1 rings (SSSR count). The molecule has 100 valence electrons. The Kier molecular flexibility index (Phi) is 4.87. The van der Waals surface area contributed by atoms with Gasteiger partial charge in [0.05, 0.1) is 5.60 Å². The molecule has 0 spiro atoms. The number of carbonyl (C=O) groups excluding carboxylic acids is 1. The van der Waals surface area contributed by atoms with E-state index < -0.39 is 17.6 Å². The second-order valence-corrected chi connectivity index (χ2v) is 5.09. The van der Waals surface area contributed by atoms with E-state index >= 15 is 0 Å². The van der Waals surface area contributed by atoms with Crippen LogP contribution in [0.2, 0.25) is 0 Å². The summed E-state index contributed by atoms with van der Waals surface area (Å²) < 4.78 is 0. The fourth-order valence-corrected chi connectivity index (χ4v) is 2.07. The first-order valence-electron chi connectivity index (χ1n) is 6.16. The fourth-order valence-electron chi connectivity index (χ4n) is 2.07. The van der Waals surface area contributed by atoms with Gasteiger partial charge in [0.1, 0.15) is 6.04 Å². The molecule has 1 aromatic rings. The number of nitrogens with zero attached hydrogens (tertiary/aromatic N) is 1. The molecule has 0 aliphatic carbocycles. The van der Waals surface area contributed by atoms with Crippen molar-refractivity contribution in [2.45, 2.75) is 32.4 Å². The summed E-state index contributed by atoms with van der Waals surface area (Å²) in [5.41, 5.74) is 5.50. The number of nitrogens with two attached hydrogens (primary N) is 1. The Hall–Kier alpha value is -1.39. The SMILES string of the molecule is CCN(CC(C)(C)O)[C@@H](C(N)=O)c1ccccc1. The second-order valence-electron chi connectivity index (χ2n) is 5.09. The summed E-state index contributed by atoms with van der Waals surface area (Å²) in [6.07, 6.45) is 0. The van der Waals surface area contributed by atoms with Crippen LogP contribution < -0.4 is 5.73 Å². The fraction of sp³-hybridized carbons (Fsp3) is 0.500. The molecule has 0 aliphatic rings. The molecule has 1 aromatic carbocycles. The van der Waals surface area contributed by atoms with Crippen molar-refractivity contribution < 1.29 is 9.90 Å². The molecule has 4 heteroatoms. The van der Waals surface area contributed by atoms with Gasteiger partial charge in [-0.15, -0.1) is 0 Å². The Bertz CT molecular complexity index is 385. The lowest BCUT2D eigenvalue weighted by atomic mass is 10.0. The summed E-state index contributed by atoms with van der Waals surface area (Å²) in [5.74, 6) is -0.396. The van der Waals surface area contributed by atoms with E-state index in [0.29, 0.717) is 13.1 Å². The molecule has 0 fully saturated rings. The van der Waals surface area contributed by atoms with Crippen molar-refractivity contribution in [3.05, 3.63) is 35.9 Å². The first kappa shape index (κ1) is 14.7. The molecule has 1 amide bonds. The van der Waals surface area contributed by atoms with Crippen LogP contribution in [0, 0.1) is 0 Å². The zero-order chi connectivity index (χ0) is 13.8. The molecule has 3 N–H and O–H groups in total. The number of rotatable bonds is 6. The topological polar surface area (TPSA) is 66.6 Å². The minimum absolute atomic E-state index is 0.395. The van der Waals surface area contributed by atoms with Crippen LogP contribution in [0.4, 0.5) is 0 Å². The van der Waals surface area contributed by atoms with Crippen LogP contribution in [0.5, 0.6) is 0 Å². The summed E-state index contributed by atoms with van der Waals surface area (Å²) in [4.78, 5) is 13.6. The lowest BCUT2D eigenvalue weighted by Gasteiger charge is -2.33. The highest BCUT2D eigenvalue weighted by molar-refractivity contribution is 5.81. The van der Waals surface area contributed by atoms with Crippen molar-refractivity contribution in [3.8, 4) is 0 Å². The Morgan fingerprint density at radius 2 is 1.94 bits per heavy atom. The van der Waals surface area contributed by atoms with Crippen molar-refractivity contribution in [3.63, 3.8) is 0 Å². The standard InChI is InChI=1S/C14H22N2O2/c1-4-16(10-14(2,3)18)12(13(15)17)11-8-6-5-7-9-11/h5-9,12,18H,4,10H2,1-3H3,(H2,15,17)/t12-/m1/s1. The third kappa shape index (κ3) is 4.13. The van der Waals surface area contributed by atoms with Crippen LogP contribution in [-0.4, -0.2) is 34.6 Å². The van der Waals surface area contributed by atoms with E-state index in [1.807, 2.05) is 42.2 Å². The third-order valence-corrected chi connectivity index (χ3v) is 2.75. The molecule has 1 atom stereocenters. The zero-order valence-electron chi connectivity index (χ0n) is 11.3. The molecule has 0 aliphatic heterocycles. The Labute approximate surface area is 108 Å². The lowest BCUT2D eigenvalue weighted by Crippen LogP contribution is -2.45. The summed E-state index contributed by atoms with van der Waals surface area (Å²) in [5, 5.41) is 9.90. The van der Waals surface area contributed by atoms with Gasteiger partial charge in [-0.1, -0.05) is 37.3 Å². The molecule has 0 heterocycles. The average Bonchev–Trinajstić information content (AvgIpc) is 2.27. The minimum atomic E-state index is -0.863. The summed E-state index contributed by atoms with van der Waals surface area (Å²) in [6, 6.07) is 8.91. The maximum absolute atomic E-state index is 11.7. The Morgan fingerprint density at radius 1 is 1.39 bits per heavy atom. The number of hydrogen-bond donors (Lipinski definition) is 2. The van der Waals surface area contributed by atoms with Gasteiger partial charge >= 0.3 is 0 Å². The van der Waals surface area contributed by atoms with Gasteiger partial charge in [0.15, 0.2) is 0 Å². The van der Waals surface area contributed by atoms with Gasteiger partial charge in [-0.05, 0) is 26.0 Å². The average molecular weight is 250 g/mol. The van der Waals surface area contributed by atoms with Crippen molar-refractivity contribution in [1.82, 2.24) is 4.90 Å². The van der Waals surface area contributed by atoms with E-state index in [0.717, 1.165) is 5.56 Å². The number of primary amides is 1. The van der Waals surface area contributed by atoms with Crippen molar-refractivity contribution >= 4 is 5.91 Å². The van der Waals surface area contributed by atoms with Crippen molar-refractivity contribution in [2.75, 3.05) is 13.1 Å². The summed E-state index contributed by atoms with van der Waals surface area (Å²) >= 11 is 0. The second kappa shape index (κ2) is 5.98. The normalized spacial score (nSPS) is 13.6. The maximum Gasteiger partial charge on any atom is 0.239 e. The molecule has 0 unspecified atom stereocenters. The molecular formula is C14H22N2O2. The van der Waals surface area contributed by atoms with Crippen LogP contribution >= 0.6 is 0 Å². The highest BCUT2D eigenvalue weighted by atomic mass is 16.3.